The number of thiazole rings is 1. The average molecular weight is 486 g/mol. The van der Waals surface area contributed by atoms with Crippen molar-refractivity contribution in [3.63, 3.8) is 0 Å². The number of benzene rings is 2. The maximum absolute atomic E-state index is 13.7. The van der Waals surface area contributed by atoms with Crippen LogP contribution in [0.5, 0.6) is 0 Å². The first kappa shape index (κ1) is 23.0. The lowest BCUT2D eigenvalue weighted by Gasteiger charge is -2.31. The summed E-state index contributed by atoms with van der Waals surface area (Å²) in [5.41, 5.74) is 5.05. The Morgan fingerprint density at radius 2 is 1.71 bits per heavy atom. The lowest BCUT2D eigenvalue weighted by molar-refractivity contribution is -0.121. The van der Waals surface area contributed by atoms with Gasteiger partial charge in [0.25, 0.3) is 5.91 Å². The van der Waals surface area contributed by atoms with Gasteiger partial charge in [0, 0.05) is 36.1 Å². The van der Waals surface area contributed by atoms with Crippen molar-refractivity contribution in [2.75, 3.05) is 18.4 Å². The Morgan fingerprint density at radius 3 is 2.40 bits per heavy atom. The van der Waals surface area contributed by atoms with Gasteiger partial charge >= 0.3 is 0 Å². The fourth-order valence-electron chi connectivity index (χ4n) is 4.41. The van der Waals surface area contributed by atoms with Crippen molar-refractivity contribution >= 4 is 28.3 Å². The second-order valence-electron chi connectivity index (χ2n) is 8.84. The van der Waals surface area contributed by atoms with Gasteiger partial charge < -0.3 is 10.2 Å². The van der Waals surface area contributed by atoms with Crippen LogP contribution < -0.4 is 5.32 Å². The maximum atomic E-state index is 13.7. The molecule has 0 spiro atoms. The largest absolute Gasteiger partial charge is 0.338 e. The molecule has 1 aliphatic rings. The SMILES string of the molecule is Cc1csc(NC(=O)C2CCN(C(=O)c3cn(-c4ccccc4)nc3-c3ccccc3C)CC2)n1. The molecule has 178 valence electrons. The normalized spacial score (nSPS) is 14.2. The molecule has 7 nitrogen and oxygen atoms in total. The number of nitrogens with zero attached hydrogens (tertiary/aromatic N) is 4. The lowest BCUT2D eigenvalue weighted by Crippen LogP contribution is -2.41. The summed E-state index contributed by atoms with van der Waals surface area (Å²) >= 11 is 1.43. The van der Waals surface area contributed by atoms with E-state index in [1.54, 1.807) is 4.68 Å². The maximum Gasteiger partial charge on any atom is 0.257 e. The standard InChI is InChI=1S/C27H27N5O2S/c1-18-8-6-7-11-22(18)24-23(16-32(30-24)21-9-4-3-5-10-21)26(34)31-14-12-20(13-15-31)25(33)29-27-28-19(2)17-35-27/h3-11,16-17,20H,12-15H2,1-2H3,(H,28,29,33). The fraction of sp³-hybridized carbons (Fsp3) is 0.259. The quantitative estimate of drug-likeness (QED) is 0.426. The van der Waals surface area contributed by atoms with Crippen molar-refractivity contribution < 1.29 is 9.59 Å². The summed E-state index contributed by atoms with van der Waals surface area (Å²) in [7, 11) is 0. The highest BCUT2D eigenvalue weighted by Crippen LogP contribution is 2.29. The van der Waals surface area contributed by atoms with Crippen LogP contribution in [0.25, 0.3) is 16.9 Å². The van der Waals surface area contributed by atoms with Crippen LogP contribution in [0.4, 0.5) is 5.13 Å². The van der Waals surface area contributed by atoms with Gasteiger partial charge in [0.15, 0.2) is 5.13 Å². The predicted octanol–water partition coefficient (Wildman–Crippen LogP) is 5.10. The highest BCUT2D eigenvalue weighted by atomic mass is 32.1. The minimum absolute atomic E-state index is 0.0241. The molecule has 1 fully saturated rings. The van der Waals surface area contributed by atoms with Crippen molar-refractivity contribution in [2.24, 2.45) is 5.92 Å². The smallest absolute Gasteiger partial charge is 0.257 e. The van der Waals surface area contributed by atoms with Crippen LogP contribution in [0, 0.1) is 19.8 Å². The third-order valence-electron chi connectivity index (χ3n) is 6.37. The van der Waals surface area contributed by atoms with E-state index in [1.165, 1.54) is 11.3 Å². The van der Waals surface area contributed by atoms with Crippen LogP contribution in [0.2, 0.25) is 0 Å². The molecule has 3 heterocycles. The molecule has 0 atom stereocenters. The molecule has 5 rings (SSSR count). The van der Waals surface area contributed by atoms with Crippen LogP contribution >= 0.6 is 11.3 Å². The molecular formula is C27H27N5O2S. The van der Waals surface area contributed by atoms with Gasteiger partial charge in [-0.3, -0.25) is 9.59 Å². The minimum atomic E-state index is -0.133. The Bertz CT molecular complexity index is 1350. The van der Waals surface area contributed by atoms with E-state index in [2.05, 4.69) is 10.3 Å². The summed E-state index contributed by atoms with van der Waals surface area (Å²) in [6.07, 6.45) is 3.06. The molecule has 0 bridgehead atoms. The van der Waals surface area contributed by atoms with E-state index in [-0.39, 0.29) is 17.7 Å². The number of hydrogen-bond donors (Lipinski definition) is 1. The van der Waals surface area contributed by atoms with Crippen LogP contribution in [-0.4, -0.2) is 44.6 Å². The van der Waals surface area contributed by atoms with Gasteiger partial charge in [0.2, 0.25) is 5.91 Å². The zero-order valence-corrected chi connectivity index (χ0v) is 20.6. The van der Waals surface area contributed by atoms with Gasteiger partial charge in [0.05, 0.1) is 16.9 Å². The van der Waals surface area contributed by atoms with Gasteiger partial charge in [-0.25, -0.2) is 9.67 Å². The fourth-order valence-corrected chi connectivity index (χ4v) is 5.11. The van der Waals surface area contributed by atoms with Crippen LogP contribution in [0.15, 0.2) is 66.2 Å². The number of rotatable bonds is 5. The predicted molar refractivity (Wildman–Crippen MR) is 138 cm³/mol. The van der Waals surface area contributed by atoms with E-state index in [0.29, 0.717) is 42.3 Å². The van der Waals surface area contributed by atoms with E-state index >= 15 is 0 Å². The number of aryl methyl sites for hydroxylation is 2. The molecule has 0 unspecified atom stereocenters. The first-order chi connectivity index (χ1) is 17.0. The van der Waals surface area contributed by atoms with E-state index in [0.717, 1.165) is 22.5 Å². The summed E-state index contributed by atoms with van der Waals surface area (Å²) in [5.74, 6) is -0.213. The summed E-state index contributed by atoms with van der Waals surface area (Å²) in [4.78, 5) is 32.5. The molecule has 1 saturated heterocycles. The summed E-state index contributed by atoms with van der Waals surface area (Å²) in [5, 5.41) is 10.3. The van der Waals surface area contributed by atoms with E-state index in [4.69, 9.17) is 5.10 Å². The molecule has 0 saturated carbocycles. The Balaban J connectivity index is 1.36. The topological polar surface area (TPSA) is 80.1 Å². The summed E-state index contributed by atoms with van der Waals surface area (Å²) in [6.45, 7) is 4.98. The second kappa shape index (κ2) is 9.84. The zero-order valence-electron chi connectivity index (χ0n) is 19.8. The zero-order chi connectivity index (χ0) is 24.4. The molecule has 1 N–H and O–H groups in total. The number of amides is 2. The molecule has 2 aromatic carbocycles. The molecular weight excluding hydrogens is 458 g/mol. The van der Waals surface area contributed by atoms with Crippen LogP contribution in [-0.2, 0) is 4.79 Å². The number of anilines is 1. The number of carbonyl (C=O) groups excluding carboxylic acids is 2. The second-order valence-corrected chi connectivity index (χ2v) is 9.69. The van der Waals surface area contributed by atoms with E-state index < -0.39 is 0 Å². The number of hydrogen-bond acceptors (Lipinski definition) is 5. The number of nitrogens with one attached hydrogen (secondary N) is 1. The molecule has 35 heavy (non-hydrogen) atoms. The molecule has 2 amide bonds. The van der Waals surface area contributed by atoms with Gasteiger partial charge in [-0.15, -0.1) is 11.3 Å². The third kappa shape index (κ3) is 4.88. The number of likely N-dealkylation sites (tertiary alicyclic amines) is 1. The number of para-hydroxylation sites is 1. The Kier molecular flexibility index (Phi) is 6.46. The highest BCUT2D eigenvalue weighted by Gasteiger charge is 2.30. The Labute approximate surface area is 208 Å². The molecule has 0 radical (unpaired) electrons. The summed E-state index contributed by atoms with van der Waals surface area (Å²) in [6, 6.07) is 17.8. The lowest BCUT2D eigenvalue weighted by atomic mass is 9.95. The average Bonchev–Trinajstić information content (AvgIpc) is 3.51. The highest BCUT2D eigenvalue weighted by molar-refractivity contribution is 7.13. The Morgan fingerprint density at radius 1 is 1.00 bits per heavy atom. The van der Waals surface area contributed by atoms with E-state index in [1.807, 2.05) is 84.9 Å². The van der Waals surface area contributed by atoms with Gasteiger partial charge in [0.1, 0.15) is 5.69 Å². The number of piperidine rings is 1. The minimum Gasteiger partial charge on any atom is -0.338 e. The van der Waals surface area contributed by atoms with Gasteiger partial charge in [-0.1, -0.05) is 42.5 Å². The number of carbonyl (C=O) groups is 2. The molecule has 4 aromatic rings. The van der Waals surface area contributed by atoms with Crippen molar-refractivity contribution in [3.05, 3.63) is 83.0 Å². The van der Waals surface area contributed by atoms with Gasteiger partial charge in [-0.2, -0.15) is 5.10 Å². The number of aromatic nitrogens is 3. The van der Waals surface area contributed by atoms with Crippen LogP contribution in [0.3, 0.4) is 0 Å². The molecule has 8 heteroatoms. The molecule has 1 aliphatic heterocycles. The molecule has 2 aromatic heterocycles. The first-order valence-electron chi connectivity index (χ1n) is 11.7. The van der Waals surface area contributed by atoms with Crippen molar-refractivity contribution in [2.45, 2.75) is 26.7 Å². The first-order valence-corrected chi connectivity index (χ1v) is 12.6. The van der Waals surface area contributed by atoms with Crippen LogP contribution in [0.1, 0.15) is 34.5 Å². The third-order valence-corrected chi connectivity index (χ3v) is 7.24. The van der Waals surface area contributed by atoms with E-state index in [9.17, 15) is 9.59 Å². The van der Waals surface area contributed by atoms with Crippen molar-refractivity contribution in [3.8, 4) is 16.9 Å². The molecule has 0 aliphatic carbocycles. The monoisotopic (exact) mass is 485 g/mol. The Hall–Kier alpha value is -3.78. The van der Waals surface area contributed by atoms with Crippen molar-refractivity contribution in [1.29, 1.82) is 0 Å². The summed E-state index contributed by atoms with van der Waals surface area (Å²) < 4.78 is 1.77. The van der Waals surface area contributed by atoms with Gasteiger partial charge in [-0.05, 0) is 44.4 Å². The van der Waals surface area contributed by atoms with Crippen molar-refractivity contribution in [1.82, 2.24) is 19.7 Å².